The van der Waals surface area contributed by atoms with E-state index in [1.807, 2.05) is 0 Å². The number of hydrogen-bond acceptors (Lipinski definition) is 5. The van der Waals surface area contributed by atoms with E-state index in [0.29, 0.717) is 17.1 Å². The van der Waals surface area contributed by atoms with Gasteiger partial charge < -0.3 is 9.30 Å². The second kappa shape index (κ2) is 8.16. The molecule has 0 saturated heterocycles. The largest absolute Gasteiger partial charge is 0.469 e. The van der Waals surface area contributed by atoms with Crippen molar-refractivity contribution in [2.45, 2.75) is 18.9 Å². The van der Waals surface area contributed by atoms with E-state index in [4.69, 9.17) is 11.6 Å². The first-order valence-corrected chi connectivity index (χ1v) is 8.57. The lowest BCUT2D eigenvalue weighted by Gasteiger charge is -2.23. The Morgan fingerprint density at radius 2 is 2.08 bits per heavy atom. The molecule has 1 unspecified atom stereocenters. The third kappa shape index (κ3) is 4.07. The molecule has 0 spiro atoms. The van der Waals surface area contributed by atoms with Gasteiger partial charge in [-0.3, -0.25) is 4.79 Å². The molecule has 24 heavy (non-hydrogen) atoms. The van der Waals surface area contributed by atoms with Crippen LogP contribution in [0.1, 0.15) is 18.9 Å². The number of thiol groups is 1. The van der Waals surface area contributed by atoms with Crippen LogP contribution in [0.15, 0.2) is 36.7 Å². The van der Waals surface area contributed by atoms with Crippen LogP contribution >= 0.6 is 11.6 Å². The van der Waals surface area contributed by atoms with Crippen LogP contribution < -0.4 is 4.31 Å². The summed E-state index contributed by atoms with van der Waals surface area (Å²) in [5, 5.41) is 0.490. The van der Waals surface area contributed by atoms with Crippen molar-refractivity contribution in [2.75, 3.05) is 11.4 Å². The van der Waals surface area contributed by atoms with E-state index in [2.05, 4.69) is 16.6 Å². The molecule has 0 saturated carbocycles. The van der Waals surface area contributed by atoms with Crippen molar-refractivity contribution in [1.82, 2.24) is 9.55 Å². The van der Waals surface area contributed by atoms with Crippen molar-refractivity contribution in [3.8, 4) is 0 Å². The monoisotopic (exact) mass is 370 g/mol. The fourth-order valence-electron chi connectivity index (χ4n) is 2.23. The first kappa shape index (κ1) is 18.3. The van der Waals surface area contributed by atoms with Crippen molar-refractivity contribution < 1.29 is 17.9 Å². The summed E-state index contributed by atoms with van der Waals surface area (Å²) in [7, 11) is -1.70. The predicted octanol–water partition coefficient (Wildman–Crippen LogP) is 2.53. The predicted molar refractivity (Wildman–Crippen MR) is 91.8 cm³/mol. The molecule has 129 valence electrons. The molecule has 0 aliphatic heterocycles. The average molecular weight is 371 g/mol. The van der Waals surface area contributed by atoms with E-state index in [9.17, 15) is 13.2 Å². The zero-order chi connectivity index (χ0) is 17.7. The molecule has 0 fully saturated rings. The highest BCUT2D eigenvalue weighted by Gasteiger charge is 2.23. The molecule has 1 radical (unpaired) electrons. The highest BCUT2D eigenvalue weighted by atomic mass is 35.5. The summed E-state index contributed by atoms with van der Waals surface area (Å²) in [6, 6.07) is 5.95. The van der Waals surface area contributed by atoms with Gasteiger partial charge in [0.25, 0.3) is 0 Å². The zero-order valence-electron chi connectivity index (χ0n) is 13.0. The van der Waals surface area contributed by atoms with Gasteiger partial charge in [0, 0.05) is 23.5 Å². The summed E-state index contributed by atoms with van der Waals surface area (Å²) < 4.78 is 30.9. The number of esters is 1. The van der Waals surface area contributed by atoms with Crippen molar-refractivity contribution >= 4 is 40.1 Å². The Morgan fingerprint density at radius 1 is 1.42 bits per heavy atom. The number of anilines is 2. The molecule has 0 N–H and O–H groups in total. The Kier molecular flexibility index (Phi) is 6.22. The average Bonchev–Trinajstić information content (AvgIpc) is 3.03. The summed E-state index contributed by atoms with van der Waals surface area (Å²) >= 11 is 5.85. The Bertz CT molecular complexity index is 765. The number of ether oxygens (including phenoxy) is 1. The first-order chi connectivity index (χ1) is 11.5. The Hall–Kier alpha value is -2.06. The van der Waals surface area contributed by atoms with E-state index in [-0.39, 0.29) is 18.4 Å². The van der Waals surface area contributed by atoms with Gasteiger partial charge in [-0.25, -0.2) is 17.7 Å². The molecular formula is C15H17ClN3O4S. The Morgan fingerprint density at radius 3 is 2.62 bits per heavy atom. The molecule has 2 aromatic rings. The summed E-state index contributed by atoms with van der Waals surface area (Å²) in [5.74, 6) is -0.237. The number of carbonyl (C=O) groups excluding carboxylic acids is 1. The number of hydrogen-bond donors (Lipinski definition) is 1. The Balaban J connectivity index is 2.44. The van der Waals surface area contributed by atoms with Gasteiger partial charge in [-0.2, -0.15) is 0 Å². The summed E-state index contributed by atoms with van der Waals surface area (Å²) in [4.78, 5) is 15.7. The fraction of sp³-hybridized carbons (Fsp3) is 0.267. The fourth-order valence-corrected chi connectivity index (χ4v) is 2.98. The van der Waals surface area contributed by atoms with E-state index < -0.39 is 16.9 Å². The van der Waals surface area contributed by atoms with Crippen molar-refractivity contribution in [3.05, 3.63) is 48.6 Å². The third-order valence-electron chi connectivity index (χ3n) is 3.43. The number of imidazole rings is 1. The quantitative estimate of drug-likeness (QED) is 0.598. The van der Waals surface area contributed by atoms with Crippen molar-refractivity contribution in [3.63, 3.8) is 0 Å². The highest BCUT2D eigenvalue weighted by molar-refractivity contribution is 7.74. The van der Waals surface area contributed by atoms with Crippen LogP contribution in [0.2, 0.25) is 5.02 Å². The van der Waals surface area contributed by atoms with Gasteiger partial charge in [0.1, 0.15) is 0 Å². The minimum Gasteiger partial charge on any atom is -0.469 e. The second-order valence-electron chi connectivity index (χ2n) is 4.88. The number of carbonyl (C=O) groups is 1. The normalized spacial score (nSPS) is 12.2. The molecule has 1 atom stereocenters. The van der Waals surface area contributed by atoms with Crippen molar-refractivity contribution in [1.29, 1.82) is 0 Å². The van der Waals surface area contributed by atoms with Crippen LogP contribution in [0.25, 0.3) is 0 Å². The highest BCUT2D eigenvalue weighted by Crippen LogP contribution is 2.29. The maximum absolute atomic E-state index is 11.8. The van der Waals surface area contributed by atoms with Crippen molar-refractivity contribution in [2.24, 2.45) is 0 Å². The number of benzene rings is 1. The van der Waals surface area contributed by atoms with Gasteiger partial charge in [-0.15, -0.1) is 0 Å². The number of methoxy groups -OCH3 is 1. The lowest BCUT2D eigenvalue weighted by molar-refractivity contribution is -0.141. The number of aromatic nitrogens is 2. The van der Waals surface area contributed by atoms with Gasteiger partial charge in [0.15, 0.2) is 0 Å². The van der Waals surface area contributed by atoms with Gasteiger partial charge in [0.2, 0.25) is 16.8 Å². The number of halogens is 1. The van der Waals surface area contributed by atoms with E-state index in [1.165, 1.54) is 13.3 Å². The second-order valence-corrected chi connectivity index (χ2v) is 6.20. The van der Waals surface area contributed by atoms with Crippen LogP contribution in [0.4, 0.5) is 11.6 Å². The van der Waals surface area contributed by atoms with Gasteiger partial charge >= 0.3 is 5.97 Å². The van der Waals surface area contributed by atoms with Crippen LogP contribution in [0.5, 0.6) is 0 Å². The smallest absolute Gasteiger partial charge is 0.307 e. The van der Waals surface area contributed by atoms with E-state index in [0.717, 1.165) is 4.31 Å². The lowest BCUT2D eigenvalue weighted by Crippen LogP contribution is -2.22. The van der Waals surface area contributed by atoms with Crippen LogP contribution in [0.3, 0.4) is 0 Å². The molecule has 0 bridgehead atoms. The third-order valence-corrected chi connectivity index (χ3v) is 4.42. The number of nitrogens with zero attached hydrogens (tertiary/aromatic N) is 3. The molecule has 0 aliphatic carbocycles. The van der Waals surface area contributed by atoms with E-state index in [1.54, 1.807) is 35.0 Å². The van der Waals surface area contributed by atoms with Crippen LogP contribution in [-0.2, 0) is 20.4 Å². The summed E-state index contributed by atoms with van der Waals surface area (Å²) in [5.41, 5.74) is 0.392. The molecule has 7 nitrogen and oxygen atoms in total. The van der Waals surface area contributed by atoms with Gasteiger partial charge in [-0.05, 0) is 30.7 Å². The molecule has 0 aliphatic rings. The van der Waals surface area contributed by atoms with E-state index >= 15 is 0 Å². The lowest BCUT2D eigenvalue weighted by atomic mass is 10.1. The first-order valence-electron chi connectivity index (χ1n) is 7.06. The molecular weight excluding hydrogens is 354 g/mol. The molecule has 2 rings (SSSR count). The molecule has 0 amide bonds. The summed E-state index contributed by atoms with van der Waals surface area (Å²) in [6.07, 6.45) is 3.50. The Labute approximate surface area is 146 Å². The zero-order valence-corrected chi connectivity index (χ0v) is 14.6. The molecule has 1 heterocycles. The van der Waals surface area contributed by atoms with Gasteiger partial charge in [0.05, 0.1) is 19.2 Å². The van der Waals surface area contributed by atoms with Gasteiger partial charge in [-0.1, -0.05) is 18.5 Å². The van der Waals surface area contributed by atoms with Crippen LogP contribution in [-0.4, -0.2) is 31.0 Å². The summed E-state index contributed by atoms with van der Waals surface area (Å²) in [6.45, 7) is 3.82. The van der Waals surface area contributed by atoms with Crippen LogP contribution in [0, 0.1) is 6.92 Å². The minimum atomic E-state index is -3.00. The SMILES string of the molecule is [CH2]CC(CC(=O)OC)n1ccnc1N(c1ccc(Cl)cc1)[SH](=O)=O. The maximum atomic E-state index is 11.8. The minimum absolute atomic E-state index is 0.0630. The standard InChI is InChI=1S/C15H17ClN3O4S/c1-3-12(10-14(20)23-2)18-9-8-17-15(18)19(24(21)22)13-6-4-11(16)5-7-13/h4-9,12,24H,1,3,10H2,2H3. The molecule has 1 aromatic carbocycles. The number of rotatable bonds is 7. The molecule has 9 heteroatoms. The topological polar surface area (TPSA) is 81.5 Å². The molecule has 1 aromatic heterocycles. The maximum Gasteiger partial charge on any atom is 0.307 e.